The summed E-state index contributed by atoms with van der Waals surface area (Å²) >= 11 is 1.42. The van der Waals surface area contributed by atoms with E-state index >= 15 is 0 Å². The Balaban J connectivity index is 1.21. The number of esters is 1. The molecular weight excluding hydrogens is 466 g/mol. The monoisotopic (exact) mass is 495 g/mol. The number of tetrazole rings is 1. The summed E-state index contributed by atoms with van der Waals surface area (Å²) in [5, 5.41) is 22.3. The van der Waals surface area contributed by atoms with Crippen LogP contribution in [0.15, 0.2) is 24.8 Å². The van der Waals surface area contributed by atoms with Crippen LogP contribution in [-0.4, -0.2) is 60.7 Å². The molecule has 0 radical (unpaired) electrons. The van der Waals surface area contributed by atoms with Crippen molar-refractivity contribution in [1.82, 2.24) is 30.4 Å². The van der Waals surface area contributed by atoms with E-state index < -0.39 is 11.6 Å². The molecule has 3 aromatic rings. The van der Waals surface area contributed by atoms with Crippen LogP contribution in [0.5, 0.6) is 5.75 Å². The molecule has 11 heteroatoms. The Bertz CT molecular complexity index is 1240. The van der Waals surface area contributed by atoms with Crippen LogP contribution in [-0.2, 0) is 22.5 Å². The molecule has 35 heavy (non-hydrogen) atoms. The van der Waals surface area contributed by atoms with Crippen LogP contribution < -0.4 is 9.64 Å². The van der Waals surface area contributed by atoms with Gasteiger partial charge in [0.1, 0.15) is 17.0 Å². The largest absolute Gasteiger partial charge is 0.487 e. The van der Waals surface area contributed by atoms with Gasteiger partial charge in [0.25, 0.3) is 0 Å². The van der Waals surface area contributed by atoms with Crippen molar-refractivity contribution < 1.29 is 14.3 Å². The lowest BCUT2D eigenvalue weighted by atomic mass is 9.82. The summed E-state index contributed by atoms with van der Waals surface area (Å²) in [5.74, 6) is 0.909. The van der Waals surface area contributed by atoms with Gasteiger partial charge < -0.3 is 14.4 Å². The molecule has 0 bridgehead atoms. The molecule has 4 heterocycles. The average molecular weight is 496 g/mol. The molecule has 0 saturated carbocycles. The minimum absolute atomic E-state index is 0.110. The lowest BCUT2D eigenvalue weighted by molar-refractivity contribution is -0.156. The highest BCUT2D eigenvalue weighted by atomic mass is 32.1. The second kappa shape index (κ2) is 9.03. The Morgan fingerprint density at radius 3 is 2.77 bits per heavy atom. The molecule has 1 fully saturated rings. The van der Waals surface area contributed by atoms with Gasteiger partial charge in [0, 0.05) is 31.5 Å². The summed E-state index contributed by atoms with van der Waals surface area (Å²) in [5.41, 5.74) is 1.72. The van der Waals surface area contributed by atoms with Gasteiger partial charge in [0.2, 0.25) is 11.0 Å². The van der Waals surface area contributed by atoms with Gasteiger partial charge in [0.15, 0.2) is 11.6 Å². The molecule has 5 rings (SSSR count). The van der Waals surface area contributed by atoms with Crippen LogP contribution in [0.4, 0.5) is 5.13 Å². The van der Waals surface area contributed by atoms with E-state index in [-0.39, 0.29) is 12.1 Å². The van der Waals surface area contributed by atoms with Crippen LogP contribution in [0.3, 0.4) is 0 Å². The molecule has 10 nitrogen and oxygen atoms in total. The first-order valence-electron chi connectivity index (χ1n) is 11.8. The van der Waals surface area contributed by atoms with Crippen molar-refractivity contribution in [3.8, 4) is 16.6 Å². The van der Waals surface area contributed by atoms with E-state index in [4.69, 9.17) is 9.47 Å². The summed E-state index contributed by atoms with van der Waals surface area (Å²) in [6, 6.07) is 6.19. The number of anilines is 1. The number of hydrogen-bond donors (Lipinski definition) is 0. The number of nitrogens with zero attached hydrogens (tertiary/aromatic N) is 7. The minimum Gasteiger partial charge on any atom is -0.487 e. The maximum absolute atomic E-state index is 12.0. The van der Waals surface area contributed by atoms with E-state index in [1.54, 1.807) is 0 Å². The maximum Gasteiger partial charge on any atom is 0.330 e. The number of aromatic nitrogens is 6. The Kier molecular flexibility index (Phi) is 6.04. The van der Waals surface area contributed by atoms with E-state index in [2.05, 4.69) is 49.2 Å². The topological polar surface area (TPSA) is 108 Å². The fourth-order valence-corrected chi connectivity index (χ4v) is 5.37. The Hall–Kier alpha value is -3.34. The summed E-state index contributed by atoms with van der Waals surface area (Å²) < 4.78 is 11.9. The first-order valence-corrected chi connectivity index (χ1v) is 12.6. The highest BCUT2D eigenvalue weighted by Gasteiger charge is 2.40. The minimum atomic E-state index is -0.567. The van der Waals surface area contributed by atoms with Gasteiger partial charge in [-0.3, -0.25) is 0 Å². The van der Waals surface area contributed by atoms with E-state index in [1.165, 1.54) is 21.7 Å². The zero-order chi connectivity index (χ0) is 24.6. The summed E-state index contributed by atoms with van der Waals surface area (Å²) in [6.07, 6.45) is 5.75. The highest BCUT2D eigenvalue weighted by molar-refractivity contribution is 7.18. The number of fused-ring (bicyclic) bond motifs is 1. The third kappa shape index (κ3) is 5.04. The quantitative estimate of drug-likeness (QED) is 0.491. The third-order valence-electron chi connectivity index (χ3n) is 6.24. The third-order valence-corrected chi connectivity index (χ3v) is 7.22. The molecule has 0 amide bonds. The normalized spacial score (nSPS) is 17.1. The lowest BCUT2D eigenvalue weighted by Crippen LogP contribution is -2.49. The van der Waals surface area contributed by atoms with Crippen LogP contribution in [0.1, 0.15) is 51.2 Å². The molecule has 0 atom stereocenters. The smallest absolute Gasteiger partial charge is 0.330 e. The van der Waals surface area contributed by atoms with Gasteiger partial charge in [-0.15, -0.1) is 20.4 Å². The molecule has 184 valence electrons. The fourth-order valence-electron chi connectivity index (χ4n) is 4.55. The molecule has 1 spiro atoms. The number of carbonyl (C=O) groups is 1. The maximum atomic E-state index is 12.0. The molecule has 2 aliphatic heterocycles. The van der Waals surface area contributed by atoms with Gasteiger partial charge in [-0.1, -0.05) is 36.1 Å². The molecule has 0 N–H and O–H groups in total. The van der Waals surface area contributed by atoms with E-state index in [0.717, 1.165) is 55.2 Å². The molecule has 1 saturated heterocycles. The van der Waals surface area contributed by atoms with Gasteiger partial charge >= 0.3 is 5.97 Å². The molecule has 1 aromatic carbocycles. The first kappa shape index (κ1) is 23.4. The Labute approximate surface area is 207 Å². The predicted octanol–water partition coefficient (Wildman–Crippen LogP) is 3.54. The van der Waals surface area contributed by atoms with Crippen molar-refractivity contribution in [3.05, 3.63) is 35.9 Å². The number of ether oxygens (including phenoxy) is 2. The number of benzene rings is 1. The zero-order valence-corrected chi connectivity index (χ0v) is 21.0. The lowest BCUT2D eigenvalue weighted by Gasteiger charge is -2.44. The number of piperidine rings is 1. The molecule has 0 aliphatic carbocycles. The SMILES string of the molecule is C=Cc1cccc2c1CCC1(CCN(c3nnc(-c4nnn(CC(=O)OC(C)(C)C)n4)s3)CC1)O2. The predicted molar refractivity (Wildman–Crippen MR) is 132 cm³/mol. The standard InChI is InChI=1S/C24H29N7O3S/c1-5-16-7-6-8-18-17(16)9-10-24(33-18)11-13-30(14-12-24)22-27-26-21(35-22)20-25-29-31(28-20)15-19(32)34-23(2,3)4/h5-8H,1,9-15H2,2-4H3. The van der Waals surface area contributed by atoms with Gasteiger partial charge in [-0.2, -0.15) is 4.80 Å². The van der Waals surface area contributed by atoms with Crippen molar-refractivity contribution in [2.45, 2.75) is 64.2 Å². The van der Waals surface area contributed by atoms with E-state index in [9.17, 15) is 4.79 Å². The highest BCUT2D eigenvalue weighted by Crippen LogP contribution is 2.41. The van der Waals surface area contributed by atoms with Crippen LogP contribution in [0.2, 0.25) is 0 Å². The zero-order valence-electron chi connectivity index (χ0n) is 20.2. The first-order chi connectivity index (χ1) is 16.7. The molecule has 2 aliphatic rings. The fraction of sp³-hybridized carbons (Fsp3) is 0.500. The summed E-state index contributed by atoms with van der Waals surface area (Å²) in [7, 11) is 0. The summed E-state index contributed by atoms with van der Waals surface area (Å²) in [6.45, 7) is 10.9. The van der Waals surface area contributed by atoms with Crippen molar-refractivity contribution in [2.24, 2.45) is 0 Å². The van der Waals surface area contributed by atoms with Crippen molar-refractivity contribution >= 4 is 28.5 Å². The number of carbonyl (C=O) groups excluding carboxylic acids is 1. The second-order valence-electron chi connectivity index (χ2n) is 9.92. The molecular formula is C24H29N7O3S. The van der Waals surface area contributed by atoms with E-state index in [1.807, 2.05) is 32.9 Å². The molecule has 0 unspecified atom stereocenters. The van der Waals surface area contributed by atoms with E-state index in [0.29, 0.717) is 10.8 Å². The Morgan fingerprint density at radius 2 is 2.03 bits per heavy atom. The number of rotatable bonds is 5. The van der Waals surface area contributed by atoms with Gasteiger partial charge in [-0.05, 0) is 50.5 Å². The summed E-state index contributed by atoms with van der Waals surface area (Å²) in [4.78, 5) is 15.5. The van der Waals surface area contributed by atoms with Crippen LogP contribution >= 0.6 is 11.3 Å². The second-order valence-corrected chi connectivity index (χ2v) is 10.9. The van der Waals surface area contributed by atoms with Crippen molar-refractivity contribution in [3.63, 3.8) is 0 Å². The van der Waals surface area contributed by atoms with Gasteiger partial charge in [-0.25, -0.2) is 4.79 Å². The molecule has 2 aromatic heterocycles. The van der Waals surface area contributed by atoms with Gasteiger partial charge in [0.05, 0.1) is 0 Å². The van der Waals surface area contributed by atoms with Crippen LogP contribution in [0, 0.1) is 0 Å². The van der Waals surface area contributed by atoms with Crippen molar-refractivity contribution in [1.29, 1.82) is 0 Å². The van der Waals surface area contributed by atoms with Crippen LogP contribution in [0.25, 0.3) is 16.9 Å². The number of hydrogen-bond acceptors (Lipinski definition) is 10. The Morgan fingerprint density at radius 1 is 1.23 bits per heavy atom. The van der Waals surface area contributed by atoms with Crippen molar-refractivity contribution in [2.75, 3.05) is 18.0 Å². The average Bonchev–Trinajstić information content (AvgIpc) is 3.47.